The minimum atomic E-state index is -0.332. The summed E-state index contributed by atoms with van der Waals surface area (Å²) in [6.45, 7) is 1.66. The van der Waals surface area contributed by atoms with Gasteiger partial charge in [0.05, 0.1) is 52.5 Å². The lowest BCUT2D eigenvalue weighted by Crippen LogP contribution is -2.12. The number of esters is 1. The van der Waals surface area contributed by atoms with E-state index in [1.54, 1.807) is 14.2 Å². The van der Waals surface area contributed by atoms with Crippen LogP contribution in [-0.2, 0) is 25.6 Å². The maximum Gasteiger partial charge on any atom is 0.307 e. The fourth-order valence-corrected chi connectivity index (χ4v) is 3.88. The van der Waals surface area contributed by atoms with E-state index in [9.17, 15) is 4.79 Å². The summed E-state index contributed by atoms with van der Waals surface area (Å²) in [6.07, 6.45) is 4.82. The van der Waals surface area contributed by atoms with Crippen molar-refractivity contribution in [1.29, 1.82) is 0 Å². The van der Waals surface area contributed by atoms with Gasteiger partial charge in [-0.15, -0.1) is 0 Å². The summed E-state index contributed by atoms with van der Waals surface area (Å²) >= 11 is 0. The fourth-order valence-electron chi connectivity index (χ4n) is 3.88. The first kappa shape index (κ1) is 25.6. The smallest absolute Gasteiger partial charge is 0.307 e. The van der Waals surface area contributed by atoms with Gasteiger partial charge in [-0.3, -0.25) is 4.79 Å². The first-order valence-electron chi connectivity index (χ1n) is 11.7. The fraction of sp³-hybridized carbons (Fsp3) is 0.464. The summed E-state index contributed by atoms with van der Waals surface area (Å²) in [7, 11) is 4.68. The molecule has 1 atom stereocenters. The van der Waals surface area contributed by atoms with Crippen molar-refractivity contribution in [2.75, 3.05) is 34.5 Å². The number of carbonyl (C=O) groups is 1. The third kappa shape index (κ3) is 7.79. The predicted molar refractivity (Wildman–Crippen MR) is 130 cm³/mol. The van der Waals surface area contributed by atoms with Gasteiger partial charge in [0.15, 0.2) is 11.5 Å². The maximum absolute atomic E-state index is 12.1. The summed E-state index contributed by atoms with van der Waals surface area (Å²) in [5.74, 6) is 7.21. The molecule has 0 heterocycles. The Morgan fingerprint density at radius 1 is 1.00 bits per heavy atom. The number of benzene rings is 2. The molecule has 1 saturated carbocycles. The first-order chi connectivity index (χ1) is 16.6. The van der Waals surface area contributed by atoms with Gasteiger partial charge < -0.3 is 23.7 Å². The van der Waals surface area contributed by atoms with E-state index in [1.807, 2.05) is 42.5 Å². The van der Waals surface area contributed by atoms with Crippen molar-refractivity contribution in [3.05, 3.63) is 59.2 Å². The molecule has 1 aliphatic rings. The SMILES string of the molecule is COCCOCc1ccc(C#C[C@@H](CC(=O)OC)c2ccc(OC)c(OC3CCCC3)c2)cc1. The van der Waals surface area contributed by atoms with E-state index >= 15 is 0 Å². The Balaban J connectivity index is 1.77. The molecule has 0 radical (unpaired) electrons. The monoisotopic (exact) mass is 466 g/mol. The standard InChI is InChI=1S/C28H34O6/c1-30-16-17-33-20-22-10-8-21(9-11-22)12-13-24(19-28(29)32-3)23-14-15-26(31-2)27(18-23)34-25-6-4-5-7-25/h8-11,14-15,18,24-25H,4-7,16-17,19-20H2,1-3H3/t24-/m0/s1. The minimum absolute atomic E-state index is 0.157. The van der Waals surface area contributed by atoms with Crippen molar-refractivity contribution in [2.24, 2.45) is 0 Å². The van der Waals surface area contributed by atoms with Crippen LogP contribution in [0.5, 0.6) is 11.5 Å². The van der Waals surface area contributed by atoms with Gasteiger partial charge in [-0.25, -0.2) is 0 Å². The second-order valence-corrected chi connectivity index (χ2v) is 8.28. The molecule has 2 aromatic rings. The lowest BCUT2D eigenvalue weighted by Gasteiger charge is -2.18. The van der Waals surface area contributed by atoms with Gasteiger partial charge in [-0.05, 0) is 61.1 Å². The molecule has 0 spiro atoms. The van der Waals surface area contributed by atoms with Crippen molar-refractivity contribution < 1.29 is 28.5 Å². The van der Waals surface area contributed by atoms with Crippen molar-refractivity contribution in [3.8, 4) is 23.3 Å². The Morgan fingerprint density at radius 2 is 1.76 bits per heavy atom. The molecule has 2 aromatic carbocycles. The van der Waals surface area contributed by atoms with Crippen LogP contribution >= 0.6 is 0 Å². The Morgan fingerprint density at radius 3 is 2.44 bits per heavy atom. The summed E-state index contributed by atoms with van der Waals surface area (Å²) in [5.41, 5.74) is 2.83. The highest BCUT2D eigenvalue weighted by molar-refractivity contribution is 5.71. The van der Waals surface area contributed by atoms with Crippen LogP contribution in [0.3, 0.4) is 0 Å². The topological polar surface area (TPSA) is 63.2 Å². The van der Waals surface area contributed by atoms with E-state index in [2.05, 4.69) is 11.8 Å². The normalized spacial score (nSPS) is 14.2. The van der Waals surface area contributed by atoms with E-state index in [0.717, 1.165) is 29.5 Å². The van der Waals surface area contributed by atoms with Gasteiger partial charge in [0, 0.05) is 12.7 Å². The molecule has 6 heteroatoms. The van der Waals surface area contributed by atoms with Crippen LogP contribution in [0.4, 0.5) is 0 Å². The van der Waals surface area contributed by atoms with Gasteiger partial charge in [0.25, 0.3) is 0 Å². The minimum Gasteiger partial charge on any atom is -0.493 e. The van der Waals surface area contributed by atoms with Crippen LogP contribution in [0.1, 0.15) is 54.7 Å². The predicted octanol–water partition coefficient (Wildman–Crippen LogP) is 4.88. The van der Waals surface area contributed by atoms with E-state index in [4.69, 9.17) is 23.7 Å². The van der Waals surface area contributed by atoms with Crippen molar-refractivity contribution in [3.63, 3.8) is 0 Å². The van der Waals surface area contributed by atoms with Crippen LogP contribution in [0, 0.1) is 11.8 Å². The van der Waals surface area contributed by atoms with Crippen molar-refractivity contribution in [2.45, 2.75) is 50.7 Å². The Kier molecular flexibility index (Phi) is 10.3. The lowest BCUT2D eigenvalue weighted by molar-refractivity contribution is -0.140. The summed E-state index contributed by atoms with van der Waals surface area (Å²) in [4.78, 5) is 12.1. The van der Waals surface area contributed by atoms with E-state index in [0.29, 0.717) is 31.3 Å². The second kappa shape index (κ2) is 13.6. The number of ether oxygens (including phenoxy) is 5. The maximum atomic E-state index is 12.1. The Labute approximate surface area is 202 Å². The Bertz CT molecular complexity index is 967. The van der Waals surface area contributed by atoms with Gasteiger partial charge in [-0.2, -0.15) is 0 Å². The summed E-state index contributed by atoms with van der Waals surface area (Å²) < 4.78 is 27.2. The number of hydrogen-bond donors (Lipinski definition) is 0. The molecule has 3 rings (SSSR count). The zero-order valence-corrected chi connectivity index (χ0v) is 20.3. The molecule has 0 bridgehead atoms. The lowest BCUT2D eigenvalue weighted by atomic mass is 9.95. The van der Waals surface area contributed by atoms with Gasteiger partial charge in [0.1, 0.15) is 0 Å². The number of hydrogen-bond acceptors (Lipinski definition) is 6. The number of rotatable bonds is 11. The second-order valence-electron chi connectivity index (χ2n) is 8.28. The highest BCUT2D eigenvalue weighted by Crippen LogP contribution is 2.35. The van der Waals surface area contributed by atoms with Crippen molar-refractivity contribution in [1.82, 2.24) is 0 Å². The van der Waals surface area contributed by atoms with Crippen LogP contribution in [0.2, 0.25) is 0 Å². The van der Waals surface area contributed by atoms with E-state index in [-0.39, 0.29) is 24.4 Å². The van der Waals surface area contributed by atoms with Crippen LogP contribution < -0.4 is 9.47 Å². The van der Waals surface area contributed by atoms with Gasteiger partial charge in [-0.1, -0.05) is 30.0 Å². The largest absolute Gasteiger partial charge is 0.493 e. The molecule has 0 aliphatic heterocycles. The van der Waals surface area contributed by atoms with Gasteiger partial charge in [0.2, 0.25) is 0 Å². The molecule has 0 N–H and O–H groups in total. The highest BCUT2D eigenvalue weighted by atomic mass is 16.5. The average Bonchev–Trinajstić information content (AvgIpc) is 3.38. The molecule has 182 valence electrons. The number of methoxy groups -OCH3 is 3. The molecular formula is C28H34O6. The Hall–Kier alpha value is -3.01. The average molecular weight is 467 g/mol. The first-order valence-corrected chi connectivity index (χ1v) is 11.7. The quantitative estimate of drug-likeness (QED) is 0.267. The molecule has 1 aliphatic carbocycles. The summed E-state index contributed by atoms with van der Waals surface area (Å²) in [6, 6.07) is 13.7. The molecule has 6 nitrogen and oxygen atoms in total. The van der Waals surface area contributed by atoms with Crippen LogP contribution in [0.25, 0.3) is 0 Å². The van der Waals surface area contributed by atoms with Crippen LogP contribution in [0.15, 0.2) is 42.5 Å². The summed E-state index contributed by atoms with van der Waals surface area (Å²) in [5, 5.41) is 0. The number of carbonyl (C=O) groups excluding carboxylic acids is 1. The zero-order chi connectivity index (χ0) is 24.2. The van der Waals surface area contributed by atoms with Gasteiger partial charge >= 0.3 is 5.97 Å². The molecule has 34 heavy (non-hydrogen) atoms. The van der Waals surface area contributed by atoms with E-state index < -0.39 is 0 Å². The van der Waals surface area contributed by atoms with Crippen molar-refractivity contribution >= 4 is 5.97 Å². The third-order valence-electron chi connectivity index (χ3n) is 5.83. The molecule has 0 unspecified atom stereocenters. The molecule has 0 amide bonds. The zero-order valence-electron chi connectivity index (χ0n) is 20.3. The molecule has 0 aromatic heterocycles. The highest BCUT2D eigenvalue weighted by Gasteiger charge is 2.21. The molecule has 0 saturated heterocycles. The third-order valence-corrected chi connectivity index (χ3v) is 5.83. The van der Waals surface area contributed by atoms with E-state index in [1.165, 1.54) is 20.0 Å². The molecule has 1 fully saturated rings. The van der Waals surface area contributed by atoms with Crippen LogP contribution in [-0.4, -0.2) is 46.6 Å². The molecular weight excluding hydrogens is 432 g/mol.